The highest BCUT2D eigenvalue weighted by atomic mass is 35.5. The number of rotatable bonds is 4. The van der Waals surface area contributed by atoms with Crippen LogP contribution >= 0.6 is 7.26 Å². The van der Waals surface area contributed by atoms with E-state index in [0.717, 1.165) is 0 Å². The second-order valence-electron chi connectivity index (χ2n) is 6.27. The van der Waals surface area contributed by atoms with Crippen LogP contribution in [0.1, 0.15) is 0 Å². The first kappa shape index (κ1) is 24.0. The summed E-state index contributed by atoms with van der Waals surface area (Å²) in [5.74, 6) is 0.410. The number of halogens is 7. The van der Waals surface area contributed by atoms with Gasteiger partial charge in [0, 0.05) is 0 Å². The van der Waals surface area contributed by atoms with Gasteiger partial charge in [-0.3, -0.25) is 0 Å². The topological polar surface area (TPSA) is 0 Å². The molecule has 0 saturated heterocycles. The number of benzene rings is 3. The molecule has 0 aromatic heterocycles. The predicted octanol–water partition coefficient (Wildman–Crippen LogP) is 2.99. The summed E-state index contributed by atoms with van der Waals surface area (Å²) in [5.41, 5.74) is -2.49. The van der Waals surface area contributed by atoms with Gasteiger partial charge in [0.25, 0.3) is 0 Å². The minimum atomic E-state index is -5.54. The van der Waals surface area contributed by atoms with Crippen LogP contribution in [0, 0.1) is 0 Å². The molecule has 158 valence electrons. The number of hydrogen-bond acceptors (Lipinski definition) is 0. The summed E-state index contributed by atoms with van der Waals surface area (Å²) >= 11 is 0. The Labute approximate surface area is 177 Å². The van der Waals surface area contributed by atoms with Gasteiger partial charge in [-0.15, -0.1) is 0 Å². The number of hydrogen-bond donors (Lipinski definition) is 0. The van der Waals surface area contributed by atoms with Crippen molar-refractivity contribution < 1.29 is 38.7 Å². The summed E-state index contributed by atoms with van der Waals surface area (Å²) in [6.07, 6.45) is -11.1. The molecule has 0 unspecified atom stereocenters. The van der Waals surface area contributed by atoms with Crippen LogP contribution in [0.2, 0.25) is 0 Å². The van der Waals surface area contributed by atoms with Crippen molar-refractivity contribution in [2.24, 2.45) is 0 Å². The lowest BCUT2D eigenvalue weighted by molar-refractivity contribution is -0.171. The van der Waals surface area contributed by atoms with E-state index in [1.165, 1.54) is 0 Å². The third-order valence-electron chi connectivity index (χ3n) is 4.42. The van der Waals surface area contributed by atoms with Gasteiger partial charge >= 0.3 is 12.4 Å². The third kappa shape index (κ3) is 4.88. The first-order valence-electron chi connectivity index (χ1n) is 8.58. The molecule has 3 aromatic carbocycles. The molecule has 0 aliphatic carbocycles. The van der Waals surface area contributed by atoms with Crippen LogP contribution in [-0.2, 0) is 0 Å². The second-order valence-corrected chi connectivity index (χ2v) is 9.52. The molecule has 0 bridgehead atoms. The molecule has 0 spiro atoms. The van der Waals surface area contributed by atoms with Crippen molar-refractivity contribution >= 4 is 23.2 Å². The van der Waals surface area contributed by atoms with Crippen molar-refractivity contribution in [1.29, 1.82) is 0 Å². The molecule has 0 aliphatic heterocycles. The van der Waals surface area contributed by atoms with E-state index in [1.54, 1.807) is 91.0 Å². The summed E-state index contributed by atoms with van der Waals surface area (Å²) in [4.78, 5) is 0. The Hall–Kier alpha value is -2.30. The average molecular weight is 461 g/mol. The molecule has 0 nitrogen and oxygen atoms in total. The number of alkyl halides is 6. The van der Waals surface area contributed by atoms with Crippen LogP contribution in [0.3, 0.4) is 0 Å². The highest BCUT2D eigenvalue weighted by Gasteiger charge is 2.56. The van der Waals surface area contributed by atoms with E-state index in [1.807, 2.05) is 0 Å². The minimum Gasteiger partial charge on any atom is -1.00 e. The molecular formula is C22H16ClF6P. The molecule has 0 radical (unpaired) electrons. The summed E-state index contributed by atoms with van der Waals surface area (Å²) in [7, 11) is -3.40. The monoisotopic (exact) mass is 460 g/mol. The van der Waals surface area contributed by atoms with Gasteiger partial charge in [0.05, 0.1) is 5.82 Å². The maximum atomic E-state index is 13.5. The summed E-state index contributed by atoms with van der Waals surface area (Å²) in [6.45, 7) is 0. The van der Waals surface area contributed by atoms with Crippen LogP contribution in [-0.4, -0.2) is 12.4 Å². The Bertz CT molecular complexity index is 855. The molecule has 3 aromatic rings. The van der Waals surface area contributed by atoms with Gasteiger partial charge in [0.1, 0.15) is 23.2 Å². The van der Waals surface area contributed by atoms with Crippen molar-refractivity contribution in [2.45, 2.75) is 12.4 Å². The fourth-order valence-corrected chi connectivity index (χ4v) is 7.11. The Balaban J connectivity index is 0.00000320. The van der Waals surface area contributed by atoms with Crippen LogP contribution in [0.5, 0.6) is 0 Å². The highest BCUT2D eigenvalue weighted by molar-refractivity contribution is 7.98. The highest BCUT2D eigenvalue weighted by Crippen LogP contribution is 2.60. The Kier molecular flexibility index (Phi) is 7.38. The van der Waals surface area contributed by atoms with Gasteiger partial charge < -0.3 is 12.4 Å². The zero-order chi connectivity index (χ0) is 21.1. The van der Waals surface area contributed by atoms with Gasteiger partial charge in [-0.2, -0.15) is 26.3 Å². The molecule has 3 rings (SSSR count). The number of allylic oxidation sites excluding steroid dienone is 1. The van der Waals surface area contributed by atoms with Crippen LogP contribution in [0.15, 0.2) is 102 Å². The summed E-state index contributed by atoms with van der Waals surface area (Å²) in [5, 5.41) is 1.22. The second kappa shape index (κ2) is 9.23. The summed E-state index contributed by atoms with van der Waals surface area (Å²) in [6, 6.07) is 24.2. The first-order chi connectivity index (χ1) is 13.7. The molecule has 0 atom stereocenters. The van der Waals surface area contributed by atoms with Gasteiger partial charge in [0.15, 0.2) is 5.57 Å². The van der Waals surface area contributed by atoms with Gasteiger partial charge in [0.2, 0.25) is 0 Å². The maximum Gasteiger partial charge on any atom is 0.424 e. The van der Waals surface area contributed by atoms with Crippen LogP contribution < -0.4 is 28.3 Å². The SMILES string of the molecule is FC(F)(F)C(=C[P+](c1ccccc1)(c1ccccc1)c1ccccc1)C(F)(F)F.[Cl-]. The molecule has 30 heavy (non-hydrogen) atoms. The normalized spacial score (nSPS) is 12.1. The molecule has 0 amide bonds. The minimum absolute atomic E-state index is 0. The van der Waals surface area contributed by atoms with E-state index in [4.69, 9.17) is 0 Å². The van der Waals surface area contributed by atoms with Gasteiger partial charge in [-0.05, 0) is 36.4 Å². The van der Waals surface area contributed by atoms with Crippen molar-refractivity contribution in [3.8, 4) is 0 Å². The van der Waals surface area contributed by atoms with Crippen LogP contribution in [0.25, 0.3) is 0 Å². The van der Waals surface area contributed by atoms with E-state index < -0.39 is 25.2 Å². The molecule has 0 heterocycles. The fraction of sp³-hybridized carbons (Fsp3) is 0.0909. The van der Waals surface area contributed by atoms with Crippen LogP contribution in [0.4, 0.5) is 26.3 Å². The zero-order valence-electron chi connectivity index (χ0n) is 15.3. The fourth-order valence-electron chi connectivity index (χ4n) is 3.16. The third-order valence-corrected chi connectivity index (χ3v) is 8.41. The molecular weight excluding hydrogens is 445 g/mol. The predicted molar refractivity (Wildman–Crippen MR) is 105 cm³/mol. The lowest BCUT2D eigenvalue weighted by Crippen LogP contribution is -3.00. The van der Waals surface area contributed by atoms with Crippen molar-refractivity contribution in [1.82, 2.24) is 0 Å². The van der Waals surface area contributed by atoms with Crippen molar-refractivity contribution in [2.75, 3.05) is 0 Å². The summed E-state index contributed by atoms with van der Waals surface area (Å²) < 4.78 is 81.1. The van der Waals surface area contributed by atoms with E-state index in [2.05, 4.69) is 0 Å². The lowest BCUT2D eigenvalue weighted by atomic mass is 10.3. The Morgan fingerprint density at radius 2 is 0.800 bits per heavy atom. The average Bonchev–Trinajstić information content (AvgIpc) is 2.69. The maximum absolute atomic E-state index is 13.5. The van der Waals surface area contributed by atoms with Gasteiger partial charge in [-0.25, -0.2) is 0 Å². The Morgan fingerprint density at radius 1 is 0.533 bits per heavy atom. The van der Waals surface area contributed by atoms with Crippen molar-refractivity contribution in [3.63, 3.8) is 0 Å². The van der Waals surface area contributed by atoms with E-state index >= 15 is 0 Å². The zero-order valence-corrected chi connectivity index (χ0v) is 17.0. The standard InChI is InChI=1S/C22H16F6P.ClH/c23-21(24,25)20(22(26,27)28)16-29(17-10-4-1-5-11-17,18-12-6-2-7-13-18)19-14-8-3-9-15-19;/h1-16H;1H/q+1;/p-1. The Morgan fingerprint density at radius 3 is 1.03 bits per heavy atom. The molecule has 0 fully saturated rings. The molecule has 8 heteroatoms. The quantitative estimate of drug-likeness (QED) is 0.415. The first-order valence-corrected chi connectivity index (χ1v) is 10.4. The van der Waals surface area contributed by atoms with E-state index in [9.17, 15) is 26.3 Å². The van der Waals surface area contributed by atoms with E-state index in [-0.39, 0.29) is 12.4 Å². The molecule has 0 N–H and O–H groups in total. The molecule has 0 aliphatic rings. The lowest BCUT2D eigenvalue weighted by Gasteiger charge is -2.26. The van der Waals surface area contributed by atoms with Gasteiger partial charge in [-0.1, -0.05) is 54.6 Å². The smallest absolute Gasteiger partial charge is 0.424 e. The van der Waals surface area contributed by atoms with E-state index in [0.29, 0.717) is 21.7 Å². The molecule has 0 saturated carbocycles. The van der Waals surface area contributed by atoms with Crippen molar-refractivity contribution in [3.05, 3.63) is 102 Å². The largest absolute Gasteiger partial charge is 1.00 e.